The van der Waals surface area contributed by atoms with Gasteiger partial charge in [0.25, 0.3) is 10.2 Å². The van der Waals surface area contributed by atoms with Crippen molar-refractivity contribution in [3.8, 4) is 0 Å². The van der Waals surface area contributed by atoms with E-state index in [4.69, 9.17) is 21.5 Å². The Bertz CT molecular complexity index is 660. The van der Waals surface area contributed by atoms with E-state index in [0.717, 1.165) is 4.31 Å². The molecular formula is C14H30BN5O7S. The number of nitrogens with one attached hydrogen (secondary N) is 2. The number of aliphatic carboxylic acids is 1. The highest BCUT2D eigenvalue weighted by Gasteiger charge is 2.56. The Kier molecular flexibility index (Phi) is 8.80. The van der Waals surface area contributed by atoms with Crippen LogP contribution < -0.4 is 21.5 Å². The summed E-state index contributed by atoms with van der Waals surface area (Å²) >= 11 is 0. The van der Waals surface area contributed by atoms with Crippen LogP contribution in [0.1, 0.15) is 26.7 Å². The predicted molar refractivity (Wildman–Crippen MR) is 102 cm³/mol. The summed E-state index contributed by atoms with van der Waals surface area (Å²) in [5.74, 6) is -2.91. The Morgan fingerprint density at radius 3 is 2.39 bits per heavy atom. The number of carbonyl (C=O) groups excluding carboxylic acids is 1. The first-order valence-electron chi connectivity index (χ1n) is 8.99. The molecule has 1 rings (SSSR count). The molecule has 14 heteroatoms. The molecule has 0 aromatic rings. The fraction of sp³-hybridized carbons (Fsp3) is 0.857. The summed E-state index contributed by atoms with van der Waals surface area (Å²) in [5.41, 5.74) is 9.21. The average Bonchev–Trinajstić information content (AvgIpc) is 2.93. The highest BCUT2D eigenvalue weighted by Crippen LogP contribution is 2.34. The number of amides is 1. The highest BCUT2D eigenvalue weighted by molar-refractivity contribution is 7.87. The quantitative estimate of drug-likeness (QED) is 0.165. The van der Waals surface area contributed by atoms with Crippen molar-refractivity contribution in [3.63, 3.8) is 0 Å². The van der Waals surface area contributed by atoms with Crippen molar-refractivity contribution in [3.05, 3.63) is 0 Å². The predicted octanol–water partition coefficient (Wildman–Crippen LogP) is -3.36. The normalized spacial score (nSPS) is 25.3. The van der Waals surface area contributed by atoms with Crippen molar-refractivity contribution in [2.24, 2.45) is 17.4 Å². The lowest BCUT2D eigenvalue weighted by molar-refractivity contribution is -0.149. The monoisotopic (exact) mass is 423 g/mol. The summed E-state index contributed by atoms with van der Waals surface area (Å²) in [6.45, 7) is 2.31. The first kappa shape index (κ1) is 24.8. The van der Waals surface area contributed by atoms with Crippen LogP contribution in [-0.2, 0) is 19.8 Å². The lowest BCUT2D eigenvalue weighted by Crippen LogP contribution is -2.62. The van der Waals surface area contributed by atoms with Crippen LogP contribution in [0.2, 0.25) is 6.32 Å². The number of nitrogens with two attached hydrogens (primary N) is 2. The molecule has 1 fully saturated rings. The summed E-state index contributed by atoms with van der Waals surface area (Å²) < 4.78 is 28.3. The second-order valence-electron chi connectivity index (χ2n) is 7.29. The Labute approximate surface area is 165 Å². The van der Waals surface area contributed by atoms with Crippen molar-refractivity contribution in [2.45, 2.75) is 50.6 Å². The van der Waals surface area contributed by atoms with E-state index < -0.39 is 59.3 Å². The topological polar surface area (TPSA) is 208 Å². The van der Waals surface area contributed by atoms with Crippen LogP contribution in [0.15, 0.2) is 0 Å². The van der Waals surface area contributed by atoms with Crippen molar-refractivity contribution >= 4 is 29.2 Å². The molecule has 9 N–H and O–H groups in total. The van der Waals surface area contributed by atoms with E-state index in [1.807, 2.05) is 0 Å². The zero-order valence-electron chi connectivity index (χ0n) is 16.0. The van der Waals surface area contributed by atoms with E-state index in [2.05, 4.69) is 10.0 Å². The molecule has 4 atom stereocenters. The summed E-state index contributed by atoms with van der Waals surface area (Å²) in [5, 5.41) is 30.3. The molecule has 162 valence electrons. The molecule has 0 aromatic carbocycles. The average molecular weight is 423 g/mol. The van der Waals surface area contributed by atoms with Crippen LogP contribution in [0.3, 0.4) is 0 Å². The van der Waals surface area contributed by atoms with Crippen LogP contribution in [0.4, 0.5) is 0 Å². The molecular weight excluding hydrogens is 393 g/mol. The fourth-order valence-electron chi connectivity index (χ4n) is 3.04. The van der Waals surface area contributed by atoms with Gasteiger partial charge < -0.3 is 31.9 Å². The summed E-state index contributed by atoms with van der Waals surface area (Å²) in [7, 11) is -5.59. The van der Waals surface area contributed by atoms with Crippen LogP contribution >= 0.6 is 0 Å². The van der Waals surface area contributed by atoms with Gasteiger partial charge in [-0.1, -0.05) is 6.42 Å². The molecule has 0 saturated carbocycles. The molecule has 1 aliphatic rings. The molecule has 0 spiro atoms. The van der Waals surface area contributed by atoms with Gasteiger partial charge in [0.05, 0.1) is 6.04 Å². The van der Waals surface area contributed by atoms with E-state index in [-0.39, 0.29) is 32.3 Å². The lowest BCUT2D eigenvalue weighted by atomic mass is 9.78. The number of rotatable bonds is 11. The molecule has 1 heterocycles. The SMILES string of the molecule is CC(N)CNS(=O)(=O)N1C[C@H](CCCB(O)O)[C@](NC(=O)[C@H](C)N)(C(=O)O)C1. The van der Waals surface area contributed by atoms with Gasteiger partial charge in [0.15, 0.2) is 5.54 Å². The summed E-state index contributed by atoms with van der Waals surface area (Å²) in [4.78, 5) is 24.2. The molecule has 0 aliphatic carbocycles. The molecule has 28 heavy (non-hydrogen) atoms. The van der Waals surface area contributed by atoms with Gasteiger partial charge in [-0.25, -0.2) is 9.52 Å². The largest absolute Gasteiger partial charge is 0.479 e. The van der Waals surface area contributed by atoms with Crippen molar-refractivity contribution in [1.29, 1.82) is 0 Å². The minimum atomic E-state index is -4.03. The van der Waals surface area contributed by atoms with Gasteiger partial charge in [-0.3, -0.25) is 4.79 Å². The summed E-state index contributed by atoms with van der Waals surface area (Å²) in [6, 6.07) is -1.43. The maximum absolute atomic E-state index is 12.5. The standard InChI is InChI=1S/C14H30BN5O7S/c1-9(16)6-18-28(26,27)20-7-11(4-3-5-15(24)25)14(8-20,13(22)23)19-12(21)10(2)17/h9-11,18,24-25H,3-8,16-17H2,1-2H3,(H,19,21)(H,22,23)/t9?,10-,11-,14-/m0/s1. The highest BCUT2D eigenvalue weighted by atomic mass is 32.2. The van der Waals surface area contributed by atoms with Gasteiger partial charge in [-0.15, -0.1) is 0 Å². The number of hydrogen-bond acceptors (Lipinski definition) is 8. The Morgan fingerprint density at radius 2 is 1.93 bits per heavy atom. The van der Waals surface area contributed by atoms with Gasteiger partial charge in [0, 0.05) is 31.6 Å². The van der Waals surface area contributed by atoms with Gasteiger partial charge in [0.2, 0.25) is 5.91 Å². The summed E-state index contributed by atoms with van der Waals surface area (Å²) in [6.07, 6.45) is 0.373. The maximum Gasteiger partial charge on any atom is 0.451 e. The minimum Gasteiger partial charge on any atom is -0.479 e. The van der Waals surface area contributed by atoms with E-state index in [1.165, 1.54) is 6.92 Å². The van der Waals surface area contributed by atoms with Gasteiger partial charge in [-0.2, -0.15) is 12.7 Å². The molecule has 0 bridgehead atoms. The van der Waals surface area contributed by atoms with Gasteiger partial charge in [0.1, 0.15) is 0 Å². The van der Waals surface area contributed by atoms with E-state index >= 15 is 0 Å². The van der Waals surface area contributed by atoms with Crippen molar-refractivity contribution in [2.75, 3.05) is 19.6 Å². The first-order chi connectivity index (χ1) is 12.8. The van der Waals surface area contributed by atoms with Gasteiger partial charge >= 0.3 is 13.1 Å². The Balaban J connectivity index is 3.14. The number of carboxylic acid groups (broad SMARTS) is 1. The molecule has 0 radical (unpaired) electrons. The minimum absolute atomic E-state index is 0.0108. The molecule has 12 nitrogen and oxygen atoms in total. The second-order valence-corrected chi connectivity index (χ2v) is 9.04. The van der Waals surface area contributed by atoms with Gasteiger partial charge in [-0.05, 0) is 26.6 Å². The Morgan fingerprint density at radius 1 is 1.32 bits per heavy atom. The van der Waals surface area contributed by atoms with E-state index in [1.54, 1.807) is 6.92 Å². The first-order valence-corrected chi connectivity index (χ1v) is 10.4. The smallest absolute Gasteiger partial charge is 0.451 e. The number of carboxylic acids is 1. The molecule has 1 unspecified atom stereocenters. The zero-order chi connectivity index (χ0) is 21.7. The van der Waals surface area contributed by atoms with Crippen LogP contribution in [0.25, 0.3) is 0 Å². The molecule has 0 aromatic heterocycles. The molecule has 1 aliphatic heterocycles. The zero-order valence-corrected chi connectivity index (χ0v) is 16.9. The lowest BCUT2D eigenvalue weighted by Gasteiger charge is -2.32. The van der Waals surface area contributed by atoms with E-state index in [0.29, 0.717) is 0 Å². The van der Waals surface area contributed by atoms with E-state index in [9.17, 15) is 23.1 Å². The molecule has 1 saturated heterocycles. The molecule has 1 amide bonds. The number of hydrogen-bond donors (Lipinski definition) is 7. The van der Waals surface area contributed by atoms with Crippen molar-refractivity contribution in [1.82, 2.24) is 14.3 Å². The third-order valence-electron chi connectivity index (χ3n) is 4.63. The third-order valence-corrected chi connectivity index (χ3v) is 6.12. The van der Waals surface area contributed by atoms with Crippen molar-refractivity contribution < 1.29 is 33.2 Å². The van der Waals surface area contributed by atoms with Crippen LogP contribution in [0, 0.1) is 5.92 Å². The number of carbonyl (C=O) groups is 2. The third kappa shape index (κ3) is 6.37. The maximum atomic E-state index is 12.5. The van der Waals surface area contributed by atoms with Crippen LogP contribution in [-0.4, -0.2) is 84.1 Å². The number of nitrogens with zero attached hydrogens (tertiary/aromatic N) is 1. The second kappa shape index (κ2) is 9.96. The Hall–Kier alpha value is -1.29. The van der Waals surface area contributed by atoms with Crippen LogP contribution in [0.5, 0.6) is 0 Å². The fourth-order valence-corrected chi connectivity index (χ4v) is 4.45.